The van der Waals surface area contributed by atoms with Gasteiger partial charge in [0.25, 0.3) is 11.8 Å². The van der Waals surface area contributed by atoms with Crippen LogP contribution in [0, 0.1) is 12.7 Å². The Labute approximate surface area is 177 Å². The molecule has 1 unspecified atom stereocenters. The summed E-state index contributed by atoms with van der Waals surface area (Å²) >= 11 is 5.73. The number of ether oxygens (including phenoxy) is 2. The molecule has 0 N–H and O–H groups in total. The molecule has 0 aliphatic carbocycles. The van der Waals surface area contributed by atoms with Crippen LogP contribution >= 0.6 is 11.6 Å². The molecule has 1 atom stereocenters. The number of halogens is 2. The van der Waals surface area contributed by atoms with E-state index in [0.29, 0.717) is 30.6 Å². The van der Waals surface area contributed by atoms with E-state index in [0.717, 1.165) is 11.1 Å². The fourth-order valence-electron chi connectivity index (χ4n) is 3.13. The molecule has 0 spiro atoms. The van der Waals surface area contributed by atoms with Crippen LogP contribution in [0.2, 0.25) is 5.02 Å². The number of carbonyl (C=O) groups is 1. The van der Waals surface area contributed by atoms with Gasteiger partial charge in [0.2, 0.25) is 5.82 Å². The van der Waals surface area contributed by atoms with Crippen LogP contribution < -0.4 is 4.74 Å². The van der Waals surface area contributed by atoms with E-state index in [1.807, 2.05) is 31.2 Å². The Hall–Kier alpha value is -2.97. The number of hydrogen-bond donors (Lipinski definition) is 0. The van der Waals surface area contributed by atoms with Gasteiger partial charge in [0.1, 0.15) is 11.6 Å². The Kier molecular flexibility index (Phi) is 5.96. The third kappa shape index (κ3) is 4.44. The first-order valence-corrected chi connectivity index (χ1v) is 9.76. The van der Waals surface area contributed by atoms with Gasteiger partial charge in [-0.1, -0.05) is 41.0 Å². The summed E-state index contributed by atoms with van der Waals surface area (Å²) in [5, 5.41) is 3.98. The first-order chi connectivity index (χ1) is 14.5. The topological polar surface area (TPSA) is 77.7 Å². The fourth-order valence-corrected chi connectivity index (χ4v) is 3.30. The summed E-state index contributed by atoms with van der Waals surface area (Å²) in [5.41, 5.74) is 1.91. The standard InChI is InChI=1S/C21H19ClFN3O4/c1-13-4-2-3-5-15(13)20-24-21(30-25-20)18-11-26(8-9-28-18)19(27)12-29-14-6-7-17(23)16(22)10-14/h2-7,10,18H,8-9,11-12H2,1H3. The van der Waals surface area contributed by atoms with Crippen molar-refractivity contribution in [2.24, 2.45) is 0 Å². The number of nitrogens with zero attached hydrogens (tertiary/aromatic N) is 3. The van der Waals surface area contributed by atoms with E-state index in [1.165, 1.54) is 18.2 Å². The Morgan fingerprint density at radius 2 is 2.17 bits per heavy atom. The fraction of sp³-hybridized carbons (Fsp3) is 0.286. The molecular weight excluding hydrogens is 413 g/mol. The predicted octanol–water partition coefficient (Wildman–Crippen LogP) is 3.82. The molecule has 1 saturated heterocycles. The number of aryl methyl sites for hydroxylation is 1. The quantitative estimate of drug-likeness (QED) is 0.611. The summed E-state index contributed by atoms with van der Waals surface area (Å²) in [7, 11) is 0. The monoisotopic (exact) mass is 431 g/mol. The van der Waals surface area contributed by atoms with Gasteiger partial charge in [-0.15, -0.1) is 0 Å². The van der Waals surface area contributed by atoms with Crippen LogP contribution in [0.25, 0.3) is 11.4 Å². The Morgan fingerprint density at radius 3 is 2.97 bits per heavy atom. The van der Waals surface area contributed by atoms with Crippen LogP contribution in [0.5, 0.6) is 5.75 Å². The summed E-state index contributed by atoms with van der Waals surface area (Å²) in [6, 6.07) is 11.7. The smallest absolute Gasteiger partial charge is 0.260 e. The van der Waals surface area contributed by atoms with Gasteiger partial charge in [0.05, 0.1) is 18.2 Å². The van der Waals surface area contributed by atoms with E-state index in [9.17, 15) is 9.18 Å². The van der Waals surface area contributed by atoms with E-state index in [1.54, 1.807) is 4.90 Å². The van der Waals surface area contributed by atoms with Gasteiger partial charge in [0, 0.05) is 18.2 Å². The molecule has 1 amide bonds. The largest absolute Gasteiger partial charge is 0.484 e. The molecule has 1 aliphatic rings. The second-order valence-electron chi connectivity index (χ2n) is 6.83. The highest BCUT2D eigenvalue weighted by Crippen LogP contribution is 2.26. The lowest BCUT2D eigenvalue weighted by Crippen LogP contribution is -2.44. The maximum Gasteiger partial charge on any atom is 0.260 e. The Balaban J connectivity index is 1.39. The molecule has 1 aliphatic heterocycles. The SMILES string of the molecule is Cc1ccccc1-c1noc(C2CN(C(=O)COc3ccc(F)c(Cl)c3)CCO2)n1. The van der Waals surface area contributed by atoms with E-state index in [4.69, 9.17) is 25.6 Å². The highest BCUT2D eigenvalue weighted by molar-refractivity contribution is 6.30. The van der Waals surface area contributed by atoms with E-state index in [-0.39, 0.29) is 24.1 Å². The average Bonchev–Trinajstić information content (AvgIpc) is 3.25. The lowest BCUT2D eigenvalue weighted by molar-refractivity contribution is -0.142. The molecule has 1 aromatic heterocycles. The van der Waals surface area contributed by atoms with Crippen LogP contribution in [0.1, 0.15) is 17.6 Å². The van der Waals surface area contributed by atoms with Crippen LogP contribution in [0.3, 0.4) is 0 Å². The molecule has 0 saturated carbocycles. The lowest BCUT2D eigenvalue weighted by atomic mass is 10.1. The number of morpholine rings is 1. The number of amides is 1. The minimum atomic E-state index is -0.545. The predicted molar refractivity (Wildman–Crippen MR) is 107 cm³/mol. The summed E-state index contributed by atoms with van der Waals surface area (Å²) < 4.78 is 29.8. The molecule has 0 bridgehead atoms. The van der Waals surface area contributed by atoms with Crippen molar-refractivity contribution in [3.05, 3.63) is 64.8 Å². The molecule has 9 heteroatoms. The summed E-state index contributed by atoms with van der Waals surface area (Å²) in [4.78, 5) is 18.6. The zero-order chi connectivity index (χ0) is 21.1. The second-order valence-corrected chi connectivity index (χ2v) is 7.24. The third-order valence-corrected chi connectivity index (χ3v) is 5.07. The van der Waals surface area contributed by atoms with Crippen molar-refractivity contribution < 1.29 is 23.2 Å². The van der Waals surface area contributed by atoms with E-state index in [2.05, 4.69) is 10.1 Å². The van der Waals surface area contributed by atoms with Crippen molar-refractivity contribution in [2.45, 2.75) is 13.0 Å². The van der Waals surface area contributed by atoms with Crippen LogP contribution in [-0.4, -0.2) is 47.3 Å². The molecule has 3 aromatic rings. The number of rotatable bonds is 5. The molecule has 30 heavy (non-hydrogen) atoms. The Morgan fingerprint density at radius 1 is 1.33 bits per heavy atom. The zero-order valence-corrected chi connectivity index (χ0v) is 16.9. The first-order valence-electron chi connectivity index (χ1n) is 9.38. The van der Waals surface area contributed by atoms with E-state index < -0.39 is 11.9 Å². The lowest BCUT2D eigenvalue weighted by Gasteiger charge is -2.31. The number of carbonyl (C=O) groups excluding carboxylic acids is 1. The van der Waals surface area contributed by atoms with Gasteiger partial charge < -0.3 is 18.9 Å². The van der Waals surface area contributed by atoms with Gasteiger partial charge in [-0.25, -0.2) is 4.39 Å². The molecule has 2 heterocycles. The van der Waals surface area contributed by atoms with Crippen molar-refractivity contribution in [1.29, 1.82) is 0 Å². The maximum atomic E-state index is 13.2. The number of benzene rings is 2. The molecule has 156 valence electrons. The average molecular weight is 432 g/mol. The number of aromatic nitrogens is 2. The third-order valence-electron chi connectivity index (χ3n) is 4.78. The van der Waals surface area contributed by atoms with E-state index >= 15 is 0 Å². The van der Waals surface area contributed by atoms with Gasteiger partial charge in [-0.3, -0.25) is 4.79 Å². The van der Waals surface area contributed by atoms with Gasteiger partial charge >= 0.3 is 0 Å². The van der Waals surface area contributed by atoms with Crippen molar-refractivity contribution in [3.8, 4) is 17.1 Å². The van der Waals surface area contributed by atoms with Gasteiger partial charge in [-0.05, 0) is 24.6 Å². The number of hydrogen-bond acceptors (Lipinski definition) is 6. The highest BCUT2D eigenvalue weighted by atomic mass is 35.5. The molecule has 4 rings (SSSR count). The summed E-state index contributed by atoms with van der Waals surface area (Å²) in [5.74, 6) is 0.335. The Bertz CT molecular complexity index is 1060. The van der Waals surface area contributed by atoms with Crippen molar-refractivity contribution in [1.82, 2.24) is 15.0 Å². The van der Waals surface area contributed by atoms with Crippen molar-refractivity contribution in [2.75, 3.05) is 26.3 Å². The van der Waals surface area contributed by atoms with Crippen molar-refractivity contribution >= 4 is 17.5 Å². The zero-order valence-electron chi connectivity index (χ0n) is 16.2. The first kappa shape index (κ1) is 20.3. The van der Waals surface area contributed by atoms with Crippen LogP contribution in [0.15, 0.2) is 47.0 Å². The maximum absolute atomic E-state index is 13.2. The summed E-state index contributed by atoms with van der Waals surface area (Å²) in [6.45, 7) is 2.79. The molecule has 1 fully saturated rings. The van der Waals surface area contributed by atoms with Crippen LogP contribution in [0.4, 0.5) is 4.39 Å². The molecule has 0 radical (unpaired) electrons. The minimum absolute atomic E-state index is 0.0627. The highest BCUT2D eigenvalue weighted by Gasteiger charge is 2.30. The summed E-state index contributed by atoms with van der Waals surface area (Å²) in [6.07, 6.45) is -0.520. The normalized spacial score (nSPS) is 16.5. The second kappa shape index (κ2) is 8.81. The molecular formula is C21H19ClFN3O4. The van der Waals surface area contributed by atoms with Gasteiger partial charge in [0.15, 0.2) is 12.7 Å². The molecule has 7 nitrogen and oxygen atoms in total. The van der Waals surface area contributed by atoms with Crippen molar-refractivity contribution in [3.63, 3.8) is 0 Å². The van der Waals surface area contributed by atoms with Gasteiger partial charge in [-0.2, -0.15) is 4.98 Å². The molecule has 2 aromatic carbocycles. The minimum Gasteiger partial charge on any atom is -0.484 e. The van der Waals surface area contributed by atoms with Crippen LogP contribution in [-0.2, 0) is 9.53 Å².